The Morgan fingerprint density at radius 2 is 0.800 bits per heavy atom. The van der Waals surface area contributed by atoms with Crippen LogP contribution >= 0.6 is 0 Å². The van der Waals surface area contributed by atoms with Crippen LogP contribution in [0.25, 0.3) is 0 Å². The summed E-state index contributed by atoms with van der Waals surface area (Å²) >= 11 is 0. The second-order valence-electron chi connectivity index (χ2n) is 9.96. The van der Waals surface area contributed by atoms with Gasteiger partial charge in [0.25, 0.3) is 0 Å². The number of carbonyl (C=O) groups excluding carboxylic acids is 8. The van der Waals surface area contributed by atoms with Crippen LogP contribution in [0, 0.1) is 61.7 Å². The standard InChI is InChI=1S/C11H14O5.C9H11NO3.C8H9NO3.C8H10O2.C7H8O2/c1-2-3-4-8-15-10(13)5-6-11(14)16-9-7-12;1-2-3-4-7-13-9(12)6-5-8(10)11;1-2-3-6-12-8(11)5-4-7(9)10;1-4-5-6-10-8(9)7(2)3;1-3-5-6-9-7(8)4-2/h1,5-6,12H,3-4,7-9H2;1,5-6H,3-4,7H2,(H2,10,11);1,4-5H,3,6H2,(H2,9,10);1H,2,5-6H2,3H3;1,4H,2,5-6H2/b2*6-5+;5-4+;;. The van der Waals surface area contributed by atoms with Gasteiger partial charge in [-0.05, 0) is 19.8 Å². The summed E-state index contributed by atoms with van der Waals surface area (Å²) in [6.45, 7) is 9.05. The lowest BCUT2D eigenvalue weighted by molar-refractivity contribution is -0.141. The number of amides is 2. The van der Waals surface area contributed by atoms with Crippen LogP contribution in [0.2, 0.25) is 0 Å². The van der Waals surface area contributed by atoms with Crippen molar-refractivity contribution in [2.45, 2.75) is 51.9 Å². The lowest BCUT2D eigenvalue weighted by Crippen LogP contribution is -2.08. The van der Waals surface area contributed by atoms with E-state index in [1.165, 1.54) is 0 Å². The minimum atomic E-state index is -0.699. The number of aliphatic hydroxyl groups is 1. The summed E-state index contributed by atoms with van der Waals surface area (Å²) in [5.41, 5.74) is 9.89. The third-order valence-electron chi connectivity index (χ3n) is 4.85. The predicted octanol–water partition coefficient (Wildman–Crippen LogP) is 1.48. The Morgan fingerprint density at radius 1 is 0.500 bits per heavy atom. The Labute approximate surface area is 351 Å². The quantitative estimate of drug-likeness (QED) is 0.0459. The average molecular weight is 837 g/mol. The lowest BCUT2D eigenvalue weighted by Gasteiger charge is -1.99. The minimum Gasteiger partial charge on any atom is -0.462 e. The largest absolute Gasteiger partial charge is 0.462 e. The van der Waals surface area contributed by atoms with E-state index < -0.39 is 41.7 Å². The Hall–Kier alpha value is -7.78. The topological polar surface area (TPSA) is 264 Å². The van der Waals surface area contributed by atoms with Gasteiger partial charge in [0.1, 0.15) is 26.4 Å². The number of esters is 6. The normalized spacial score (nSPS) is 8.95. The van der Waals surface area contributed by atoms with Crippen LogP contribution in [-0.2, 0) is 66.8 Å². The molecular formula is C43H52N2O15. The number of hydrogen-bond acceptors (Lipinski definition) is 15. The molecule has 5 N–H and O–H groups in total. The molecule has 0 atom stereocenters. The summed E-state index contributed by atoms with van der Waals surface area (Å²) in [7, 11) is 0. The highest BCUT2D eigenvalue weighted by molar-refractivity contribution is 5.94. The summed E-state index contributed by atoms with van der Waals surface area (Å²) in [4.78, 5) is 84.4. The summed E-state index contributed by atoms with van der Waals surface area (Å²) in [6.07, 6.45) is 35.1. The molecule has 0 aromatic heterocycles. The molecule has 0 spiro atoms. The molecule has 0 saturated carbocycles. The van der Waals surface area contributed by atoms with Gasteiger partial charge in [-0.1, -0.05) is 13.2 Å². The first-order valence-electron chi connectivity index (χ1n) is 17.2. The van der Waals surface area contributed by atoms with Crippen LogP contribution in [-0.4, -0.2) is 99.0 Å². The maximum absolute atomic E-state index is 11.0. The van der Waals surface area contributed by atoms with Crippen molar-refractivity contribution in [2.75, 3.05) is 46.2 Å². The van der Waals surface area contributed by atoms with E-state index in [-0.39, 0.29) is 52.2 Å². The zero-order chi connectivity index (χ0) is 46.8. The third-order valence-corrected chi connectivity index (χ3v) is 4.85. The van der Waals surface area contributed by atoms with Gasteiger partial charge in [0.15, 0.2) is 0 Å². The van der Waals surface area contributed by atoms with E-state index in [4.69, 9.17) is 53.4 Å². The summed E-state index contributed by atoms with van der Waals surface area (Å²) in [5.74, 6) is 7.09. The molecular weight excluding hydrogens is 784 g/mol. The Bertz CT molecular complexity index is 1650. The van der Waals surface area contributed by atoms with Crippen molar-refractivity contribution in [3.8, 4) is 61.7 Å². The van der Waals surface area contributed by atoms with Gasteiger partial charge in [-0.15, -0.1) is 61.7 Å². The van der Waals surface area contributed by atoms with Gasteiger partial charge in [-0.25, -0.2) is 28.8 Å². The summed E-state index contributed by atoms with van der Waals surface area (Å²) < 4.78 is 27.6. The molecule has 0 aliphatic rings. The lowest BCUT2D eigenvalue weighted by atomic mass is 10.3. The van der Waals surface area contributed by atoms with Crippen LogP contribution < -0.4 is 11.5 Å². The Kier molecular flexibility index (Phi) is 50.4. The highest BCUT2D eigenvalue weighted by atomic mass is 16.6. The molecule has 0 aromatic rings. The van der Waals surface area contributed by atoms with Crippen molar-refractivity contribution < 1.29 is 71.9 Å². The van der Waals surface area contributed by atoms with Crippen LogP contribution in [0.4, 0.5) is 0 Å². The molecule has 17 heteroatoms. The van der Waals surface area contributed by atoms with Crippen LogP contribution in [0.1, 0.15) is 51.9 Å². The maximum Gasteiger partial charge on any atom is 0.333 e. The van der Waals surface area contributed by atoms with Crippen molar-refractivity contribution >= 4 is 47.6 Å². The van der Waals surface area contributed by atoms with Gasteiger partial charge in [0.2, 0.25) is 11.8 Å². The SMILES string of the molecule is C#CCCCOC(=O)/C=C/C(=O)OCCO.C#CCCCOC(=O)/C=C/C(N)=O.C#CCCOC(=O)/C=C/C(N)=O.C#CCCOC(=O)C(=C)C.C#CCCOC(=O)C=C. The summed E-state index contributed by atoms with van der Waals surface area (Å²) in [6, 6.07) is 0. The van der Waals surface area contributed by atoms with E-state index >= 15 is 0 Å². The monoisotopic (exact) mass is 836 g/mol. The molecule has 0 fully saturated rings. The molecule has 0 unspecified atom stereocenters. The Balaban J connectivity index is -0.000000213. The number of hydrogen-bond donors (Lipinski definition) is 3. The molecule has 0 rings (SSSR count). The number of aliphatic hydroxyl groups excluding tert-OH is 1. The predicted molar refractivity (Wildman–Crippen MR) is 220 cm³/mol. The highest BCUT2D eigenvalue weighted by Crippen LogP contribution is 1.93. The molecule has 0 radical (unpaired) electrons. The molecule has 0 heterocycles. The molecule has 0 aromatic carbocycles. The van der Waals surface area contributed by atoms with Crippen LogP contribution in [0.15, 0.2) is 61.3 Å². The first-order valence-corrected chi connectivity index (χ1v) is 17.2. The van der Waals surface area contributed by atoms with E-state index in [1.54, 1.807) is 6.92 Å². The number of nitrogens with two attached hydrogens (primary N) is 2. The highest BCUT2D eigenvalue weighted by Gasteiger charge is 2.01. The molecule has 60 heavy (non-hydrogen) atoms. The van der Waals surface area contributed by atoms with Crippen molar-refractivity contribution in [2.24, 2.45) is 11.5 Å². The van der Waals surface area contributed by atoms with E-state index in [9.17, 15) is 38.4 Å². The molecule has 0 aliphatic heterocycles. The van der Waals surface area contributed by atoms with E-state index in [0.717, 1.165) is 42.5 Å². The fourth-order valence-electron chi connectivity index (χ4n) is 2.27. The zero-order valence-corrected chi connectivity index (χ0v) is 33.6. The van der Waals surface area contributed by atoms with Gasteiger partial charge in [-0.3, -0.25) is 9.59 Å². The van der Waals surface area contributed by atoms with E-state index in [0.29, 0.717) is 50.5 Å². The van der Waals surface area contributed by atoms with E-state index in [2.05, 4.69) is 66.4 Å². The molecule has 0 saturated heterocycles. The second kappa shape index (κ2) is 49.2. The zero-order valence-electron chi connectivity index (χ0n) is 33.6. The van der Waals surface area contributed by atoms with Crippen molar-refractivity contribution in [3.05, 3.63) is 61.3 Å². The van der Waals surface area contributed by atoms with Gasteiger partial charge >= 0.3 is 35.8 Å². The van der Waals surface area contributed by atoms with Gasteiger partial charge < -0.3 is 45.0 Å². The van der Waals surface area contributed by atoms with Crippen molar-refractivity contribution in [1.29, 1.82) is 0 Å². The van der Waals surface area contributed by atoms with Crippen molar-refractivity contribution in [1.82, 2.24) is 0 Å². The molecule has 0 bridgehead atoms. The third kappa shape index (κ3) is 62.2. The van der Waals surface area contributed by atoms with E-state index in [1.807, 2.05) is 0 Å². The minimum absolute atomic E-state index is 0.0968. The van der Waals surface area contributed by atoms with Crippen LogP contribution in [0.3, 0.4) is 0 Å². The number of carbonyl (C=O) groups is 8. The maximum atomic E-state index is 11.0. The molecule has 2 amide bonds. The number of terminal acetylenes is 5. The van der Waals surface area contributed by atoms with Gasteiger partial charge in [-0.2, -0.15) is 0 Å². The van der Waals surface area contributed by atoms with Crippen LogP contribution in [0.5, 0.6) is 0 Å². The number of rotatable bonds is 22. The number of primary amides is 2. The molecule has 324 valence electrons. The fourth-order valence-corrected chi connectivity index (χ4v) is 2.27. The molecule has 0 aliphatic carbocycles. The first kappa shape index (κ1) is 61.4. The smallest absolute Gasteiger partial charge is 0.333 e. The van der Waals surface area contributed by atoms with Gasteiger partial charge in [0.05, 0.1) is 19.8 Å². The number of unbranched alkanes of at least 4 members (excludes halogenated alkanes) is 2. The van der Waals surface area contributed by atoms with Crippen molar-refractivity contribution in [3.63, 3.8) is 0 Å². The number of ether oxygens (including phenoxy) is 6. The second-order valence-corrected chi connectivity index (χ2v) is 9.96. The van der Waals surface area contributed by atoms with Gasteiger partial charge in [0, 0.05) is 80.2 Å². The molecule has 17 nitrogen and oxygen atoms in total. The average Bonchev–Trinajstić information content (AvgIpc) is 3.22. The fraction of sp³-hybridized carbons (Fsp3) is 0.349. The first-order chi connectivity index (χ1) is 28.5. The Morgan fingerprint density at radius 3 is 1.10 bits per heavy atom. The summed E-state index contributed by atoms with van der Waals surface area (Å²) in [5, 5.41) is 8.35.